The first kappa shape index (κ1) is 20.7. The number of aromatic nitrogens is 5. The van der Waals surface area contributed by atoms with Crippen molar-refractivity contribution in [2.75, 3.05) is 31.1 Å². The summed E-state index contributed by atoms with van der Waals surface area (Å²) in [7, 11) is 0. The fourth-order valence-electron chi connectivity index (χ4n) is 3.04. The van der Waals surface area contributed by atoms with E-state index in [0.29, 0.717) is 44.5 Å². The van der Waals surface area contributed by atoms with Gasteiger partial charge in [0.05, 0.1) is 6.20 Å². The van der Waals surface area contributed by atoms with Crippen LogP contribution in [0.3, 0.4) is 0 Å². The summed E-state index contributed by atoms with van der Waals surface area (Å²) in [6.07, 6.45) is 0.680. The number of ether oxygens (including phenoxy) is 1. The molecule has 2 aromatic heterocycles. The summed E-state index contributed by atoms with van der Waals surface area (Å²) in [6.45, 7) is 11.0. The summed E-state index contributed by atoms with van der Waals surface area (Å²) >= 11 is 0. The van der Waals surface area contributed by atoms with Crippen LogP contribution in [0.4, 0.5) is 15.1 Å². The smallest absolute Gasteiger partial charge is 0.410 e. The summed E-state index contributed by atoms with van der Waals surface area (Å²) in [4.78, 5) is 36.5. The molecular formula is C18H26FN7O3. The van der Waals surface area contributed by atoms with Gasteiger partial charge >= 0.3 is 11.8 Å². The average Bonchev–Trinajstić information content (AvgIpc) is 2.94. The maximum Gasteiger partial charge on any atom is 0.410 e. The second-order valence-corrected chi connectivity index (χ2v) is 7.78. The highest BCUT2D eigenvalue weighted by Crippen LogP contribution is 2.17. The quantitative estimate of drug-likeness (QED) is 0.757. The van der Waals surface area contributed by atoms with Crippen molar-refractivity contribution >= 4 is 12.0 Å². The number of amides is 1. The van der Waals surface area contributed by atoms with E-state index in [9.17, 15) is 14.0 Å². The molecule has 0 radical (unpaired) electrons. The highest BCUT2D eigenvalue weighted by atomic mass is 19.1. The van der Waals surface area contributed by atoms with Crippen molar-refractivity contribution in [3.05, 3.63) is 28.3 Å². The van der Waals surface area contributed by atoms with Gasteiger partial charge in [0.15, 0.2) is 11.6 Å². The Morgan fingerprint density at radius 1 is 1.24 bits per heavy atom. The summed E-state index contributed by atoms with van der Waals surface area (Å²) in [6, 6.07) is 0. The Bertz CT molecular complexity index is 955. The van der Waals surface area contributed by atoms with E-state index in [0.717, 1.165) is 10.8 Å². The Kier molecular flexibility index (Phi) is 5.58. The maximum atomic E-state index is 14.4. The van der Waals surface area contributed by atoms with Crippen LogP contribution in [0.15, 0.2) is 11.0 Å². The highest BCUT2D eigenvalue weighted by Gasteiger charge is 2.27. The van der Waals surface area contributed by atoms with Crippen molar-refractivity contribution in [2.45, 2.75) is 46.8 Å². The number of nitrogens with zero attached hydrogens (tertiary/aromatic N) is 7. The molecule has 0 bridgehead atoms. The summed E-state index contributed by atoms with van der Waals surface area (Å²) < 4.78 is 22.2. The van der Waals surface area contributed by atoms with E-state index in [1.54, 1.807) is 18.7 Å². The Morgan fingerprint density at radius 2 is 1.90 bits per heavy atom. The van der Waals surface area contributed by atoms with E-state index >= 15 is 0 Å². The standard InChI is InChI=1S/C18H26FN7O3/c1-6-25-16(27)26(12(2)22-25)14-13(19)11-20-15(21-14)23-7-9-24(10-8-23)17(28)29-18(3,4)5/h11H,6-10H2,1-5H3. The Hall–Kier alpha value is -2.98. The zero-order valence-electron chi connectivity index (χ0n) is 17.3. The van der Waals surface area contributed by atoms with Crippen molar-refractivity contribution in [1.29, 1.82) is 0 Å². The second-order valence-electron chi connectivity index (χ2n) is 7.78. The molecule has 0 aliphatic carbocycles. The van der Waals surface area contributed by atoms with Crippen molar-refractivity contribution in [1.82, 2.24) is 29.2 Å². The number of rotatable bonds is 3. The van der Waals surface area contributed by atoms with E-state index in [1.807, 2.05) is 25.7 Å². The van der Waals surface area contributed by atoms with Crippen molar-refractivity contribution in [3.8, 4) is 5.82 Å². The zero-order valence-corrected chi connectivity index (χ0v) is 17.3. The van der Waals surface area contributed by atoms with Gasteiger partial charge in [-0.1, -0.05) is 0 Å². The molecule has 158 valence electrons. The van der Waals surface area contributed by atoms with Crippen LogP contribution < -0.4 is 10.6 Å². The van der Waals surface area contributed by atoms with Gasteiger partial charge in [-0.2, -0.15) is 10.1 Å². The van der Waals surface area contributed by atoms with Gasteiger partial charge in [-0.25, -0.2) is 28.2 Å². The first-order chi connectivity index (χ1) is 13.6. The van der Waals surface area contributed by atoms with Gasteiger partial charge in [0.2, 0.25) is 5.95 Å². The van der Waals surface area contributed by atoms with E-state index in [2.05, 4.69) is 15.1 Å². The third-order valence-corrected chi connectivity index (χ3v) is 4.44. The number of halogens is 1. The van der Waals surface area contributed by atoms with Crippen molar-refractivity contribution in [3.63, 3.8) is 0 Å². The van der Waals surface area contributed by atoms with Crippen LogP contribution in [0.25, 0.3) is 5.82 Å². The normalized spacial score (nSPS) is 15.0. The summed E-state index contributed by atoms with van der Waals surface area (Å²) in [5.74, 6) is -0.204. The molecule has 0 atom stereocenters. The Morgan fingerprint density at radius 3 is 2.45 bits per heavy atom. The fourth-order valence-corrected chi connectivity index (χ4v) is 3.04. The van der Waals surface area contributed by atoms with Gasteiger partial charge in [0.25, 0.3) is 0 Å². The highest BCUT2D eigenvalue weighted by molar-refractivity contribution is 5.68. The van der Waals surface area contributed by atoms with E-state index in [4.69, 9.17) is 4.74 Å². The Labute approximate surface area is 167 Å². The van der Waals surface area contributed by atoms with Crippen LogP contribution in [0.1, 0.15) is 33.5 Å². The third kappa shape index (κ3) is 4.38. The molecule has 1 fully saturated rings. The van der Waals surface area contributed by atoms with Gasteiger partial charge in [-0.3, -0.25) is 0 Å². The number of carbonyl (C=O) groups excluding carboxylic acids is 1. The van der Waals surface area contributed by atoms with Crippen LogP contribution in [-0.2, 0) is 11.3 Å². The molecule has 1 amide bonds. The molecule has 29 heavy (non-hydrogen) atoms. The molecule has 3 rings (SSSR count). The minimum atomic E-state index is -0.706. The van der Waals surface area contributed by atoms with E-state index in [-0.39, 0.29) is 11.9 Å². The van der Waals surface area contributed by atoms with E-state index in [1.165, 1.54) is 4.68 Å². The van der Waals surface area contributed by atoms with Crippen molar-refractivity contribution in [2.24, 2.45) is 0 Å². The van der Waals surface area contributed by atoms with Gasteiger partial charge in [-0.15, -0.1) is 0 Å². The molecule has 0 N–H and O–H groups in total. The third-order valence-electron chi connectivity index (χ3n) is 4.44. The number of anilines is 1. The van der Waals surface area contributed by atoms with Gasteiger partial charge in [0, 0.05) is 32.7 Å². The van der Waals surface area contributed by atoms with Gasteiger partial charge < -0.3 is 14.5 Å². The minimum absolute atomic E-state index is 0.133. The van der Waals surface area contributed by atoms with Crippen LogP contribution in [0.2, 0.25) is 0 Å². The first-order valence-corrected chi connectivity index (χ1v) is 9.53. The second kappa shape index (κ2) is 7.80. The molecule has 1 saturated heterocycles. The first-order valence-electron chi connectivity index (χ1n) is 9.53. The van der Waals surface area contributed by atoms with Gasteiger partial charge in [0.1, 0.15) is 11.4 Å². The fraction of sp³-hybridized carbons (Fsp3) is 0.611. The molecule has 10 nitrogen and oxygen atoms in total. The average molecular weight is 407 g/mol. The molecule has 1 aliphatic heterocycles. The van der Waals surface area contributed by atoms with Crippen molar-refractivity contribution < 1.29 is 13.9 Å². The predicted molar refractivity (Wildman–Crippen MR) is 104 cm³/mol. The van der Waals surface area contributed by atoms with Crippen LogP contribution >= 0.6 is 0 Å². The summed E-state index contributed by atoms with van der Waals surface area (Å²) in [5.41, 5.74) is -1.01. The lowest BCUT2D eigenvalue weighted by atomic mass is 10.2. The minimum Gasteiger partial charge on any atom is -0.444 e. The van der Waals surface area contributed by atoms with Crippen LogP contribution in [0, 0.1) is 12.7 Å². The SMILES string of the molecule is CCn1nc(C)n(-c2nc(N3CCN(C(=O)OC(C)(C)C)CC3)ncc2F)c1=O. The maximum absolute atomic E-state index is 14.4. The van der Waals surface area contributed by atoms with E-state index < -0.39 is 17.1 Å². The largest absolute Gasteiger partial charge is 0.444 e. The number of hydrogen-bond donors (Lipinski definition) is 0. The molecule has 0 aromatic carbocycles. The van der Waals surface area contributed by atoms with Gasteiger partial charge in [-0.05, 0) is 34.6 Å². The molecule has 11 heteroatoms. The molecule has 1 aliphatic rings. The van der Waals surface area contributed by atoms with Crippen LogP contribution in [0.5, 0.6) is 0 Å². The lowest BCUT2D eigenvalue weighted by molar-refractivity contribution is 0.0240. The number of aryl methyl sites for hydroxylation is 2. The molecule has 0 saturated carbocycles. The zero-order chi connectivity index (χ0) is 21.3. The molecule has 0 spiro atoms. The topological polar surface area (TPSA) is 98.4 Å². The summed E-state index contributed by atoms with van der Waals surface area (Å²) in [5, 5.41) is 4.12. The molecule has 2 aromatic rings. The molecule has 0 unspecified atom stereocenters. The number of carbonyl (C=O) groups is 1. The monoisotopic (exact) mass is 407 g/mol. The lowest BCUT2D eigenvalue weighted by Gasteiger charge is -2.35. The molecular weight excluding hydrogens is 381 g/mol. The predicted octanol–water partition coefficient (Wildman–Crippen LogP) is 1.35. The number of piperazine rings is 1. The molecule has 3 heterocycles. The number of hydrogen-bond acceptors (Lipinski definition) is 7. The van der Waals surface area contributed by atoms with Crippen LogP contribution in [-0.4, -0.2) is 67.1 Å². The lowest BCUT2D eigenvalue weighted by Crippen LogP contribution is -2.50. The Balaban J connectivity index is 1.79.